The highest BCUT2D eigenvalue weighted by Crippen LogP contribution is 2.25. The number of fused-ring (bicyclic) bond motifs is 2. The average Bonchev–Trinajstić information content (AvgIpc) is 3.23. The lowest BCUT2D eigenvalue weighted by atomic mass is 10.0. The number of hydrogen-bond donors (Lipinski definition) is 3. The van der Waals surface area contributed by atoms with E-state index in [1.54, 1.807) is 6.92 Å². The lowest BCUT2D eigenvalue weighted by Gasteiger charge is -2.33. The van der Waals surface area contributed by atoms with Crippen molar-refractivity contribution in [2.24, 2.45) is 0 Å². The molecule has 4 aromatic rings. The maximum atomic E-state index is 12.5. The number of H-pyrrole nitrogens is 1. The van der Waals surface area contributed by atoms with Gasteiger partial charge < -0.3 is 24.8 Å². The molecule has 0 amide bonds. The van der Waals surface area contributed by atoms with Gasteiger partial charge in [0.15, 0.2) is 0 Å². The summed E-state index contributed by atoms with van der Waals surface area (Å²) in [7, 11) is 0. The third kappa shape index (κ3) is 6.42. The van der Waals surface area contributed by atoms with Gasteiger partial charge in [0.1, 0.15) is 0 Å². The highest BCUT2D eigenvalue weighted by Gasteiger charge is 2.24. The van der Waals surface area contributed by atoms with Crippen molar-refractivity contribution in [1.29, 1.82) is 0 Å². The predicted octanol–water partition coefficient (Wildman–Crippen LogP) is 3.74. The van der Waals surface area contributed by atoms with Gasteiger partial charge in [0, 0.05) is 32.3 Å². The van der Waals surface area contributed by atoms with Gasteiger partial charge in [0.25, 0.3) is 0 Å². The first-order chi connectivity index (χ1) is 17.6. The molecular formula is C29H37N3O4. The van der Waals surface area contributed by atoms with Crippen molar-refractivity contribution >= 4 is 21.8 Å². The summed E-state index contributed by atoms with van der Waals surface area (Å²) in [6.45, 7) is 5.19. The Morgan fingerprint density at radius 2 is 1.72 bits per heavy atom. The molecule has 7 nitrogen and oxygen atoms in total. The van der Waals surface area contributed by atoms with Crippen molar-refractivity contribution in [2.75, 3.05) is 39.5 Å². The number of hydrogen-bond acceptors (Lipinski definition) is 5. The molecule has 0 spiro atoms. The Kier molecular flexibility index (Phi) is 9.30. The lowest BCUT2D eigenvalue weighted by molar-refractivity contribution is 0.0121. The van der Waals surface area contributed by atoms with E-state index >= 15 is 0 Å². The fourth-order valence-electron chi connectivity index (χ4n) is 5.06. The number of piperidine rings is 1. The summed E-state index contributed by atoms with van der Waals surface area (Å²) in [4.78, 5) is 17.7. The molecule has 5 rings (SSSR count). The fraction of sp³-hybridized carbons (Fsp3) is 0.414. The molecule has 3 N–H and O–H groups in total. The SMILES string of the molecule is CCO.O=c1[nH]c2ccccc2n1C1CCN(CC(O)COCCc2cccc3ccccc23)CC1. The van der Waals surface area contributed by atoms with Crippen molar-refractivity contribution in [3.63, 3.8) is 0 Å². The molecule has 1 fully saturated rings. The molecule has 0 saturated carbocycles. The van der Waals surface area contributed by atoms with Crippen molar-refractivity contribution in [3.8, 4) is 0 Å². The molecule has 192 valence electrons. The molecule has 2 heterocycles. The number of benzene rings is 3. The Morgan fingerprint density at radius 3 is 2.53 bits per heavy atom. The van der Waals surface area contributed by atoms with E-state index in [1.807, 2.05) is 28.8 Å². The first-order valence-electron chi connectivity index (χ1n) is 12.9. The summed E-state index contributed by atoms with van der Waals surface area (Å²) in [5, 5.41) is 20.6. The van der Waals surface area contributed by atoms with E-state index < -0.39 is 6.10 Å². The number of para-hydroxylation sites is 2. The van der Waals surface area contributed by atoms with Crippen LogP contribution in [0.4, 0.5) is 0 Å². The number of β-amino-alcohol motifs (C(OH)–C–C–N with tert-alkyl or cyclic N) is 1. The predicted molar refractivity (Wildman–Crippen MR) is 145 cm³/mol. The standard InChI is InChI=1S/C27H31N3O3.C2H6O/c31-23(19-33-17-14-21-8-5-7-20-6-1-2-9-24(20)21)18-29-15-12-22(13-16-29)30-26-11-4-3-10-25(26)28-27(30)32;1-2-3/h1-11,22-23,31H,12-19H2,(H,28,32);3H,2H2,1H3. The Balaban J connectivity index is 0.000000967. The number of aromatic amines is 1. The third-order valence-electron chi connectivity index (χ3n) is 6.72. The third-order valence-corrected chi connectivity index (χ3v) is 6.72. The molecule has 1 aliphatic rings. The molecule has 0 aliphatic carbocycles. The molecule has 0 bridgehead atoms. The van der Waals surface area contributed by atoms with Crippen molar-refractivity contribution in [3.05, 3.63) is 82.8 Å². The lowest BCUT2D eigenvalue weighted by Crippen LogP contribution is -2.41. The fourth-order valence-corrected chi connectivity index (χ4v) is 5.06. The topological polar surface area (TPSA) is 90.7 Å². The van der Waals surface area contributed by atoms with E-state index in [9.17, 15) is 9.90 Å². The molecule has 1 aromatic heterocycles. The van der Waals surface area contributed by atoms with Crippen molar-refractivity contribution in [1.82, 2.24) is 14.5 Å². The Bertz CT molecular complexity index is 1290. The minimum Gasteiger partial charge on any atom is -0.397 e. The van der Waals surface area contributed by atoms with Crippen LogP contribution in [0, 0.1) is 0 Å². The van der Waals surface area contributed by atoms with Gasteiger partial charge in [-0.05, 0) is 54.7 Å². The van der Waals surface area contributed by atoms with Gasteiger partial charge in [-0.1, -0.05) is 54.6 Å². The smallest absolute Gasteiger partial charge is 0.326 e. The van der Waals surface area contributed by atoms with Crippen LogP contribution in [0.15, 0.2) is 71.5 Å². The van der Waals surface area contributed by atoms with Crippen LogP contribution in [0.5, 0.6) is 0 Å². The second kappa shape index (κ2) is 12.8. The van der Waals surface area contributed by atoms with Gasteiger partial charge in [-0.15, -0.1) is 0 Å². The molecule has 1 aliphatic heterocycles. The number of ether oxygens (including phenoxy) is 1. The number of rotatable bonds is 8. The van der Waals surface area contributed by atoms with Gasteiger partial charge in [-0.25, -0.2) is 4.79 Å². The monoisotopic (exact) mass is 491 g/mol. The van der Waals surface area contributed by atoms with Crippen molar-refractivity contribution < 1.29 is 14.9 Å². The highest BCUT2D eigenvalue weighted by atomic mass is 16.5. The van der Waals surface area contributed by atoms with E-state index in [-0.39, 0.29) is 18.3 Å². The average molecular weight is 492 g/mol. The van der Waals surface area contributed by atoms with Crippen LogP contribution in [0.2, 0.25) is 0 Å². The molecule has 3 aromatic carbocycles. The number of aromatic nitrogens is 2. The quantitative estimate of drug-likeness (QED) is 0.327. The second-order valence-corrected chi connectivity index (χ2v) is 9.28. The summed E-state index contributed by atoms with van der Waals surface area (Å²) in [6, 6.07) is 22.8. The van der Waals surface area contributed by atoms with Crippen LogP contribution >= 0.6 is 0 Å². The van der Waals surface area contributed by atoms with E-state index in [0.29, 0.717) is 19.8 Å². The zero-order valence-corrected chi connectivity index (χ0v) is 21.0. The summed E-state index contributed by atoms with van der Waals surface area (Å²) in [5.41, 5.74) is 3.10. The van der Waals surface area contributed by atoms with Crippen LogP contribution in [-0.2, 0) is 11.2 Å². The van der Waals surface area contributed by atoms with Gasteiger partial charge in [-0.2, -0.15) is 0 Å². The van der Waals surface area contributed by atoms with Gasteiger partial charge in [0.05, 0.1) is 30.4 Å². The first kappa shape index (κ1) is 26.1. The van der Waals surface area contributed by atoms with E-state index in [0.717, 1.165) is 43.4 Å². The van der Waals surface area contributed by atoms with E-state index in [1.165, 1.54) is 16.3 Å². The number of aliphatic hydroxyl groups is 2. The summed E-state index contributed by atoms with van der Waals surface area (Å²) < 4.78 is 7.71. The zero-order valence-electron chi connectivity index (χ0n) is 21.0. The molecule has 1 unspecified atom stereocenters. The maximum Gasteiger partial charge on any atom is 0.326 e. The van der Waals surface area contributed by atoms with E-state index in [2.05, 4.69) is 52.3 Å². The molecule has 7 heteroatoms. The highest BCUT2D eigenvalue weighted by molar-refractivity contribution is 5.85. The van der Waals surface area contributed by atoms with Crippen molar-refractivity contribution in [2.45, 2.75) is 38.3 Å². The summed E-state index contributed by atoms with van der Waals surface area (Å²) in [5.74, 6) is 0. The molecule has 0 radical (unpaired) electrons. The first-order valence-corrected chi connectivity index (χ1v) is 12.9. The van der Waals surface area contributed by atoms with Gasteiger partial charge in [-0.3, -0.25) is 4.57 Å². The minimum absolute atomic E-state index is 0.0331. The number of nitrogens with zero attached hydrogens (tertiary/aromatic N) is 2. The number of likely N-dealkylation sites (tertiary alicyclic amines) is 1. The van der Waals surface area contributed by atoms with E-state index in [4.69, 9.17) is 9.84 Å². The Morgan fingerprint density at radius 1 is 1.03 bits per heavy atom. The van der Waals surface area contributed by atoms with Crippen LogP contribution in [0.25, 0.3) is 21.8 Å². The zero-order chi connectivity index (χ0) is 25.3. The summed E-state index contributed by atoms with van der Waals surface area (Å²) in [6.07, 6.45) is 2.12. The second-order valence-electron chi connectivity index (χ2n) is 9.28. The number of imidazole rings is 1. The Labute approximate surface area is 211 Å². The minimum atomic E-state index is -0.509. The van der Waals surface area contributed by atoms with Crippen LogP contribution in [-0.4, -0.2) is 70.2 Å². The summed E-state index contributed by atoms with van der Waals surface area (Å²) >= 11 is 0. The normalized spacial score (nSPS) is 15.6. The molecule has 1 saturated heterocycles. The molecule has 36 heavy (non-hydrogen) atoms. The number of nitrogens with one attached hydrogen (secondary N) is 1. The number of aliphatic hydroxyl groups excluding tert-OH is 2. The van der Waals surface area contributed by atoms with Crippen LogP contribution in [0.1, 0.15) is 31.4 Å². The van der Waals surface area contributed by atoms with Crippen LogP contribution in [0.3, 0.4) is 0 Å². The molecular weight excluding hydrogens is 454 g/mol. The van der Waals surface area contributed by atoms with Crippen LogP contribution < -0.4 is 5.69 Å². The maximum absolute atomic E-state index is 12.5. The largest absolute Gasteiger partial charge is 0.397 e. The van der Waals surface area contributed by atoms with Gasteiger partial charge >= 0.3 is 5.69 Å². The molecule has 1 atom stereocenters. The Hall–Kier alpha value is -2.97. The van der Waals surface area contributed by atoms with Gasteiger partial charge in [0.2, 0.25) is 0 Å².